The van der Waals surface area contributed by atoms with Crippen LogP contribution in [0.4, 0.5) is 5.69 Å². The van der Waals surface area contributed by atoms with Crippen molar-refractivity contribution in [3.63, 3.8) is 0 Å². The normalized spacial score (nSPS) is 10.7. The zero-order valence-electron chi connectivity index (χ0n) is 12.1. The SMILES string of the molecule is Cc1ccc(Cl)c(NCc2ccc(OC(C)C)cc2)c1. The van der Waals surface area contributed by atoms with Crippen LogP contribution in [0.5, 0.6) is 5.75 Å². The second-order valence-corrected chi connectivity index (χ2v) is 5.55. The molecular formula is C17H20ClNO. The molecule has 20 heavy (non-hydrogen) atoms. The molecule has 1 N–H and O–H groups in total. The third kappa shape index (κ3) is 4.17. The van der Waals surface area contributed by atoms with Gasteiger partial charge in [-0.25, -0.2) is 0 Å². The Morgan fingerprint density at radius 2 is 1.80 bits per heavy atom. The number of nitrogens with one attached hydrogen (secondary N) is 1. The van der Waals surface area contributed by atoms with Crippen molar-refractivity contribution >= 4 is 17.3 Å². The lowest BCUT2D eigenvalue weighted by Crippen LogP contribution is -2.05. The predicted octanol–water partition coefficient (Wildman–Crippen LogP) is 5.05. The summed E-state index contributed by atoms with van der Waals surface area (Å²) in [7, 11) is 0. The smallest absolute Gasteiger partial charge is 0.119 e. The Morgan fingerprint density at radius 1 is 1.10 bits per heavy atom. The molecule has 0 radical (unpaired) electrons. The lowest BCUT2D eigenvalue weighted by Gasteiger charge is -2.12. The summed E-state index contributed by atoms with van der Waals surface area (Å²) in [6.07, 6.45) is 0.199. The highest BCUT2D eigenvalue weighted by atomic mass is 35.5. The molecular weight excluding hydrogens is 270 g/mol. The topological polar surface area (TPSA) is 21.3 Å². The molecule has 0 spiro atoms. The fourth-order valence-electron chi connectivity index (χ4n) is 1.93. The summed E-state index contributed by atoms with van der Waals surface area (Å²) in [5.74, 6) is 0.900. The Balaban J connectivity index is 1.98. The van der Waals surface area contributed by atoms with Gasteiger partial charge in [0.15, 0.2) is 0 Å². The molecule has 3 heteroatoms. The molecule has 0 unspecified atom stereocenters. The highest BCUT2D eigenvalue weighted by Gasteiger charge is 2.01. The van der Waals surface area contributed by atoms with Crippen LogP contribution >= 0.6 is 11.6 Å². The molecule has 0 aromatic heterocycles. The first-order valence-corrected chi connectivity index (χ1v) is 7.18. The van der Waals surface area contributed by atoms with E-state index >= 15 is 0 Å². The van der Waals surface area contributed by atoms with E-state index < -0.39 is 0 Å². The standard InChI is InChI=1S/C17H20ClNO/c1-12(2)20-15-7-5-14(6-8-15)11-19-17-10-13(3)4-9-16(17)18/h4-10,12,19H,11H2,1-3H3. The molecule has 106 valence electrons. The summed E-state index contributed by atoms with van der Waals surface area (Å²) < 4.78 is 5.63. The van der Waals surface area contributed by atoms with Crippen molar-refractivity contribution in [1.29, 1.82) is 0 Å². The van der Waals surface area contributed by atoms with E-state index in [-0.39, 0.29) is 6.10 Å². The first-order chi connectivity index (χ1) is 9.54. The second-order valence-electron chi connectivity index (χ2n) is 5.15. The molecule has 0 saturated carbocycles. The van der Waals surface area contributed by atoms with Crippen LogP contribution in [0.3, 0.4) is 0 Å². The molecule has 0 amide bonds. The van der Waals surface area contributed by atoms with E-state index in [4.69, 9.17) is 16.3 Å². The maximum atomic E-state index is 6.16. The quantitative estimate of drug-likeness (QED) is 0.832. The summed E-state index contributed by atoms with van der Waals surface area (Å²) in [5.41, 5.74) is 3.35. The van der Waals surface area contributed by atoms with E-state index in [0.717, 1.165) is 23.0 Å². The van der Waals surface area contributed by atoms with Gasteiger partial charge in [-0.3, -0.25) is 0 Å². The molecule has 0 heterocycles. The Bertz CT molecular complexity index is 564. The molecule has 0 bridgehead atoms. The van der Waals surface area contributed by atoms with Crippen LogP contribution in [0.15, 0.2) is 42.5 Å². The number of ether oxygens (including phenoxy) is 1. The summed E-state index contributed by atoms with van der Waals surface area (Å²) in [5, 5.41) is 4.10. The van der Waals surface area contributed by atoms with E-state index in [1.165, 1.54) is 11.1 Å². The van der Waals surface area contributed by atoms with Gasteiger partial charge in [0, 0.05) is 6.54 Å². The van der Waals surface area contributed by atoms with Gasteiger partial charge < -0.3 is 10.1 Å². The summed E-state index contributed by atoms with van der Waals surface area (Å²) in [4.78, 5) is 0. The lowest BCUT2D eigenvalue weighted by atomic mass is 10.2. The van der Waals surface area contributed by atoms with Crippen molar-refractivity contribution in [2.75, 3.05) is 5.32 Å². The number of rotatable bonds is 5. The van der Waals surface area contributed by atoms with Crippen LogP contribution in [0.2, 0.25) is 5.02 Å². The maximum absolute atomic E-state index is 6.16. The summed E-state index contributed by atoms with van der Waals surface area (Å²) in [6.45, 7) is 6.84. The van der Waals surface area contributed by atoms with Gasteiger partial charge >= 0.3 is 0 Å². The Hall–Kier alpha value is -1.67. The predicted molar refractivity (Wildman–Crippen MR) is 85.7 cm³/mol. The Kier molecular flexibility index (Phi) is 4.91. The fourth-order valence-corrected chi connectivity index (χ4v) is 2.11. The molecule has 2 aromatic carbocycles. The summed E-state index contributed by atoms with van der Waals surface area (Å²) in [6, 6.07) is 14.1. The molecule has 0 saturated heterocycles. The van der Waals surface area contributed by atoms with Gasteiger partial charge in [0.05, 0.1) is 16.8 Å². The molecule has 2 nitrogen and oxygen atoms in total. The van der Waals surface area contributed by atoms with E-state index in [1.807, 2.05) is 38.1 Å². The highest BCUT2D eigenvalue weighted by molar-refractivity contribution is 6.33. The van der Waals surface area contributed by atoms with Crippen molar-refractivity contribution < 1.29 is 4.74 Å². The van der Waals surface area contributed by atoms with Gasteiger partial charge in [-0.1, -0.05) is 29.8 Å². The van der Waals surface area contributed by atoms with E-state index in [1.54, 1.807) is 0 Å². The van der Waals surface area contributed by atoms with E-state index in [9.17, 15) is 0 Å². The van der Waals surface area contributed by atoms with Crippen LogP contribution in [0, 0.1) is 6.92 Å². The first-order valence-electron chi connectivity index (χ1n) is 6.80. The van der Waals surface area contributed by atoms with Crippen LogP contribution in [-0.4, -0.2) is 6.10 Å². The highest BCUT2D eigenvalue weighted by Crippen LogP contribution is 2.23. The molecule has 0 atom stereocenters. The monoisotopic (exact) mass is 289 g/mol. The van der Waals surface area contributed by atoms with E-state index in [2.05, 4.69) is 30.4 Å². The molecule has 0 aliphatic carbocycles. The lowest BCUT2D eigenvalue weighted by molar-refractivity contribution is 0.242. The summed E-state index contributed by atoms with van der Waals surface area (Å²) >= 11 is 6.16. The number of aryl methyl sites for hydroxylation is 1. The molecule has 0 aliphatic rings. The molecule has 0 aliphatic heterocycles. The van der Waals surface area contributed by atoms with Crippen molar-refractivity contribution in [2.24, 2.45) is 0 Å². The average Bonchev–Trinajstić information content (AvgIpc) is 2.41. The Morgan fingerprint density at radius 3 is 2.45 bits per heavy atom. The van der Waals surface area contributed by atoms with Gasteiger partial charge in [0.1, 0.15) is 5.75 Å². The van der Waals surface area contributed by atoms with Crippen molar-refractivity contribution in [2.45, 2.75) is 33.4 Å². The third-order valence-electron chi connectivity index (χ3n) is 2.90. The van der Waals surface area contributed by atoms with Gasteiger partial charge in [0.25, 0.3) is 0 Å². The van der Waals surface area contributed by atoms with Crippen LogP contribution in [0.1, 0.15) is 25.0 Å². The molecule has 2 rings (SSSR count). The van der Waals surface area contributed by atoms with Gasteiger partial charge in [-0.05, 0) is 56.2 Å². The average molecular weight is 290 g/mol. The van der Waals surface area contributed by atoms with Crippen LogP contribution in [-0.2, 0) is 6.54 Å². The zero-order valence-corrected chi connectivity index (χ0v) is 12.9. The van der Waals surface area contributed by atoms with Gasteiger partial charge in [-0.15, -0.1) is 0 Å². The number of hydrogen-bond acceptors (Lipinski definition) is 2. The van der Waals surface area contributed by atoms with E-state index in [0.29, 0.717) is 0 Å². The number of benzene rings is 2. The minimum atomic E-state index is 0.199. The number of anilines is 1. The van der Waals surface area contributed by atoms with Crippen molar-refractivity contribution in [3.05, 3.63) is 58.6 Å². The fraction of sp³-hybridized carbons (Fsp3) is 0.294. The van der Waals surface area contributed by atoms with Crippen LogP contribution in [0.25, 0.3) is 0 Å². The molecule has 2 aromatic rings. The van der Waals surface area contributed by atoms with Crippen molar-refractivity contribution in [3.8, 4) is 5.75 Å². The van der Waals surface area contributed by atoms with Gasteiger partial charge in [0.2, 0.25) is 0 Å². The minimum Gasteiger partial charge on any atom is -0.491 e. The minimum absolute atomic E-state index is 0.199. The number of hydrogen-bond donors (Lipinski definition) is 1. The third-order valence-corrected chi connectivity index (χ3v) is 3.23. The Labute approximate surface area is 125 Å². The maximum Gasteiger partial charge on any atom is 0.119 e. The number of halogens is 1. The van der Waals surface area contributed by atoms with Gasteiger partial charge in [-0.2, -0.15) is 0 Å². The first kappa shape index (κ1) is 14.7. The second kappa shape index (κ2) is 6.67. The molecule has 0 fully saturated rings. The van der Waals surface area contributed by atoms with Crippen LogP contribution < -0.4 is 10.1 Å². The zero-order chi connectivity index (χ0) is 14.5. The van der Waals surface area contributed by atoms with Crippen molar-refractivity contribution in [1.82, 2.24) is 0 Å². The largest absolute Gasteiger partial charge is 0.491 e.